The Kier molecular flexibility index (Phi) is 5.04. The van der Waals surface area contributed by atoms with Gasteiger partial charge in [0.25, 0.3) is 0 Å². The van der Waals surface area contributed by atoms with Gasteiger partial charge in [-0.1, -0.05) is 6.92 Å². The van der Waals surface area contributed by atoms with Crippen LogP contribution in [0.5, 0.6) is 0 Å². The summed E-state index contributed by atoms with van der Waals surface area (Å²) in [6, 6.07) is 0. The van der Waals surface area contributed by atoms with Crippen molar-refractivity contribution >= 4 is 0 Å². The van der Waals surface area contributed by atoms with E-state index in [9.17, 15) is 4.91 Å². The summed E-state index contributed by atoms with van der Waals surface area (Å²) < 4.78 is 0. The van der Waals surface area contributed by atoms with Crippen LogP contribution in [0.25, 0.3) is 0 Å². The summed E-state index contributed by atoms with van der Waals surface area (Å²) in [5.41, 5.74) is 2.18. The van der Waals surface area contributed by atoms with E-state index in [1.165, 1.54) is 5.01 Å². The summed E-state index contributed by atoms with van der Waals surface area (Å²) in [5.74, 6) is 0. The molecule has 5 heteroatoms. The van der Waals surface area contributed by atoms with Gasteiger partial charge < -0.3 is 5.11 Å². The van der Waals surface area contributed by atoms with Gasteiger partial charge >= 0.3 is 0 Å². The van der Waals surface area contributed by atoms with E-state index < -0.39 is 0 Å². The van der Waals surface area contributed by atoms with Crippen LogP contribution in [0.15, 0.2) is 5.29 Å². The summed E-state index contributed by atoms with van der Waals surface area (Å²) in [6.45, 7) is 2.94. The van der Waals surface area contributed by atoms with Crippen molar-refractivity contribution in [2.24, 2.45) is 5.29 Å². The van der Waals surface area contributed by atoms with Gasteiger partial charge in [-0.25, -0.2) is 10.5 Å². The van der Waals surface area contributed by atoms with Gasteiger partial charge in [0.05, 0.1) is 11.9 Å². The van der Waals surface area contributed by atoms with Crippen molar-refractivity contribution in [1.82, 2.24) is 10.5 Å². The second-order valence-corrected chi connectivity index (χ2v) is 1.49. The average Bonchev–Trinajstić information content (AvgIpc) is 1.88. The first-order valence-electron chi connectivity index (χ1n) is 2.79. The van der Waals surface area contributed by atoms with Crippen LogP contribution < -0.4 is 5.53 Å². The maximum Gasteiger partial charge on any atom is 0.0658 e. The molecule has 0 saturated carbocycles. The smallest absolute Gasteiger partial charge is 0.0658 e. The van der Waals surface area contributed by atoms with Crippen LogP contribution in [-0.2, 0) is 0 Å². The van der Waals surface area contributed by atoms with Crippen molar-refractivity contribution in [2.45, 2.75) is 6.92 Å². The minimum absolute atomic E-state index is 0.0242. The first kappa shape index (κ1) is 8.32. The number of nitroso groups, excluding NO2 is 1. The summed E-state index contributed by atoms with van der Waals surface area (Å²) in [7, 11) is 0. The van der Waals surface area contributed by atoms with Crippen LogP contribution in [-0.4, -0.2) is 29.8 Å². The third-order valence-corrected chi connectivity index (χ3v) is 0.934. The van der Waals surface area contributed by atoms with Gasteiger partial charge in [-0.15, -0.1) is 4.91 Å². The molecular formula is C4H11N3O2. The second kappa shape index (κ2) is 5.46. The number of rotatable bonds is 5. The average molecular weight is 133 g/mol. The minimum Gasteiger partial charge on any atom is -0.395 e. The van der Waals surface area contributed by atoms with E-state index in [0.717, 1.165) is 0 Å². The van der Waals surface area contributed by atoms with E-state index in [2.05, 4.69) is 10.8 Å². The van der Waals surface area contributed by atoms with Gasteiger partial charge in [-0.2, -0.15) is 0 Å². The number of nitrogens with one attached hydrogen (secondary N) is 1. The number of hydrogen-bond donors (Lipinski definition) is 2. The topological polar surface area (TPSA) is 64.9 Å². The molecule has 2 N–H and O–H groups in total. The molecule has 0 heterocycles. The molecule has 0 bridgehead atoms. The monoisotopic (exact) mass is 133 g/mol. The van der Waals surface area contributed by atoms with E-state index in [-0.39, 0.29) is 6.61 Å². The summed E-state index contributed by atoms with van der Waals surface area (Å²) >= 11 is 0. The van der Waals surface area contributed by atoms with Crippen LogP contribution in [0.4, 0.5) is 0 Å². The van der Waals surface area contributed by atoms with Crippen molar-refractivity contribution in [1.29, 1.82) is 0 Å². The molecular weight excluding hydrogens is 122 g/mol. The molecule has 0 unspecified atom stereocenters. The fourth-order valence-electron chi connectivity index (χ4n) is 0.457. The normalized spacial score (nSPS) is 9.67. The molecule has 0 saturated heterocycles. The van der Waals surface area contributed by atoms with Gasteiger partial charge in [0.2, 0.25) is 0 Å². The van der Waals surface area contributed by atoms with Crippen LogP contribution in [0.2, 0.25) is 0 Å². The third-order valence-electron chi connectivity index (χ3n) is 0.934. The lowest BCUT2D eigenvalue weighted by Crippen LogP contribution is -2.35. The van der Waals surface area contributed by atoms with E-state index >= 15 is 0 Å². The van der Waals surface area contributed by atoms with Crippen molar-refractivity contribution in [3.8, 4) is 0 Å². The van der Waals surface area contributed by atoms with Crippen molar-refractivity contribution < 1.29 is 5.11 Å². The van der Waals surface area contributed by atoms with Gasteiger partial charge in [0.1, 0.15) is 0 Å². The SMILES string of the molecule is CCN(CCO)NN=O. The molecule has 0 spiro atoms. The molecule has 54 valence electrons. The Morgan fingerprint density at radius 3 is 2.78 bits per heavy atom. The second-order valence-electron chi connectivity index (χ2n) is 1.49. The van der Waals surface area contributed by atoms with E-state index in [0.29, 0.717) is 13.1 Å². The highest BCUT2D eigenvalue weighted by molar-refractivity contribution is 4.42. The highest BCUT2D eigenvalue weighted by Crippen LogP contribution is 1.77. The van der Waals surface area contributed by atoms with Crippen LogP contribution in [0.3, 0.4) is 0 Å². The van der Waals surface area contributed by atoms with E-state index in [4.69, 9.17) is 5.11 Å². The Hall–Kier alpha value is -0.680. The predicted molar refractivity (Wildman–Crippen MR) is 33.3 cm³/mol. The molecule has 0 radical (unpaired) electrons. The van der Waals surface area contributed by atoms with Crippen LogP contribution in [0, 0.1) is 4.91 Å². The number of nitrogens with zero attached hydrogens (tertiary/aromatic N) is 2. The van der Waals surface area contributed by atoms with Crippen molar-refractivity contribution in [2.75, 3.05) is 19.7 Å². The van der Waals surface area contributed by atoms with Gasteiger partial charge in [0.15, 0.2) is 0 Å². The Bertz CT molecular complexity index is 78.2. The first-order valence-corrected chi connectivity index (χ1v) is 2.79. The standard InChI is InChI=1S/C4H11N3O2/c1-2-7(3-4-8)5-6-9/h8H,2-4H2,1H3,(H,5,9). The Morgan fingerprint density at radius 1 is 1.78 bits per heavy atom. The number of likely N-dealkylation sites (N-methyl/N-ethyl adjacent to an activating group) is 1. The summed E-state index contributed by atoms with van der Waals surface area (Å²) in [5, 5.41) is 12.3. The predicted octanol–water partition coefficient (Wildman–Crippen LogP) is -0.513. The van der Waals surface area contributed by atoms with E-state index in [1.807, 2.05) is 6.92 Å². The number of hydrazine groups is 1. The molecule has 0 aliphatic carbocycles. The fourth-order valence-corrected chi connectivity index (χ4v) is 0.457. The highest BCUT2D eigenvalue weighted by Gasteiger charge is 1.96. The molecule has 0 atom stereocenters. The fraction of sp³-hybridized carbons (Fsp3) is 1.00. The van der Waals surface area contributed by atoms with Crippen LogP contribution in [0.1, 0.15) is 6.92 Å². The zero-order valence-corrected chi connectivity index (χ0v) is 5.37. The molecule has 9 heavy (non-hydrogen) atoms. The molecule has 0 aromatic carbocycles. The van der Waals surface area contributed by atoms with Crippen molar-refractivity contribution in [3.63, 3.8) is 0 Å². The summed E-state index contributed by atoms with van der Waals surface area (Å²) in [6.07, 6.45) is 0. The maximum atomic E-state index is 9.56. The quantitative estimate of drug-likeness (QED) is 0.391. The third kappa shape index (κ3) is 3.87. The molecule has 0 aliphatic rings. The molecule has 0 fully saturated rings. The number of aliphatic hydroxyl groups is 1. The maximum absolute atomic E-state index is 9.56. The Balaban J connectivity index is 3.28. The van der Waals surface area contributed by atoms with Gasteiger partial charge in [-0.05, 0) is 0 Å². The largest absolute Gasteiger partial charge is 0.395 e. The van der Waals surface area contributed by atoms with Gasteiger partial charge in [-0.3, -0.25) is 0 Å². The molecule has 0 amide bonds. The lowest BCUT2D eigenvalue weighted by molar-refractivity contribution is 0.151. The summed E-state index contributed by atoms with van der Waals surface area (Å²) in [4.78, 5) is 9.56. The lowest BCUT2D eigenvalue weighted by atomic mass is 10.6. The lowest BCUT2D eigenvalue weighted by Gasteiger charge is -2.14. The molecule has 0 aromatic heterocycles. The highest BCUT2D eigenvalue weighted by atomic mass is 16.3. The molecule has 0 rings (SSSR count). The van der Waals surface area contributed by atoms with E-state index in [1.54, 1.807) is 0 Å². The van der Waals surface area contributed by atoms with Gasteiger partial charge in [0, 0.05) is 13.1 Å². The van der Waals surface area contributed by atoms with Crippen LogP contribution >= 0.6 is 0 Å². The number of aliphatic hydroxyl groups excluding tert-OH is 1. The van der Waals surface area contributed by atoms with Crippen molar-refractivity contribution in [3.05, 3.63) is 4.91 Å². The Labute approximate surface area is 53.6 Å². The Morgan fingerprint density at radius 2 is 2.44 bits per heavy atom. The zero-order chi connectivity index (χ0) is 7.11. The zero-order valence-electron chi connectivity index (χ0n) is 5.37. The molecule has 5 nitrogen and oxygen atoms in total. The molecule has 0 aliphatic heterocycles. The number of hydrogen-bond acceptors (Lipinski definition) is 4. The minimum atomic E-state index is 0.0242. The first-order chi connectivity index (χ1) is 4.35. The molecule has 0 aromatic rings.